The molecule has 2 aliphatic carbocycles. The molecule has 88 valence electrons. The van der Waals surface area contributed by atoms with Gasteiger partial charge in [0.25, 0.3) is 0 Å². The number of ketones is 1. The molecular formula is C14H20O2. The maximum atomic E-state index is 12.1. The van der Waals surface area contributed by atoms with Crippen LogP contribution in [0.5, 0.6) is 0 Å². The zero-order chi connectivity index (χ0) is 11.8. The van der Waals surface area contributed by atoms with E-state index in [9.17, 15) is 9.90 Å². The van der Waals surface area contributed by atoms with E-state index in [-0.39, 0.29) is 17.1 Å². The second kappa shape index (κ2) is 4.08. The van der Waals surface area contributed by atoms with Crippen LogP contribution in [0.15, 0.2) is 23.5 Å². The molecule has 0 radical (unpaired) electrons. The summed E-state index contributed by atoms with van der Waals surface area (Å²) in [6.07, 6.45) is 8.64. The molecule has 16 heavy (non-hydrogen) atoms. The summed E-state index contributed by atoms with van der Waals surface area (Å²) in [7, 11) is 0. The third kappa shape index (κ3) is 2.21. The van der Waals surface area contributed by atoms with Gasteiger partial charge in [-0.1, -0.05) is 26.0 Å². The average Bonchev–Trinajstić information content (AvgIpc) is 2.16. The monoisotopic (exact) mass is 220 g/mol. The molecule has 0 aromatic carbocycles. The highest BCUT2D eigenvalue weighted by molar-refractivity contribution is 5.98. The predicted octanol–water partition coefficient (Wildman–Crippen LogP) is 3.54. The third-order valence-electron chi connectivity index (χ3n) is 3.52. The van der Waals surface area contributed by atoms with Crippen LogP contribution >= 0.6 is 0 Å². The summed E-state index contributed by atoms with van der Waals surface area (Å²) in [4.78, 5) is 12.1. The van der Waals surface area contributed by atoms with Crippen molar-refractivity contribution in [2.45, 2.75) is 46.0 Å². The Bertz CT molecular complexity index is 361. The summed E-state index contributed by atoms with van der Waals surface area (Å²) >= 11 is 0. The van der Waals surface area contributed by atoms with Gasteiger partial charge in [0, 0.05) is 24.3 Å². The number of hydrogen-bond acceptors (Lipinski definition) is 2. The van der Waals surface area contributed by atoms with Gasteiger partial charge in [-0.2, -0.15) is 0 Å². The molecule has 0 saturated heterocycles. The molecule has 0 amide bonds. The van der Waals surface area contributed by atoms with Gasteiger partial charge in [-0.15, -0.1) is 0 Å². The molecule has 1 atom stereocenters. The molecule has 2 rings (SSSR count). The van der Waals surface area contributed by atoms with Crippen LogP contribution in [0, 0.1) is 11.3 Å². The molecule has 0 spiro atoms. The van der Waals surface area contributed by atoms with Crippen LogP contribution in [-0.2, 0) is 4.79 Å². The molecule has 1 N–H and O–H groups in total. The minimum absolute atomic E-state index is 0.0803. The summed E-state index contributed by atoms with van der Waals surface area (Å²) in [6.45, 7) is 4.07. The molecule has 2 heteroatoms. The summed E-state index contributed by atoms with van der Waals surface area (Å²) in [5.74, 6) is 0.639. The maximum Gasteiger partial charge on any atom is 0.163 e. The Hall–Kier alpha value is -1.05. The Morgan fingerprint density at radius 2 is 2.12 bits per heavy atom. The predicted molar refractivity (Wildman–Crippen MR) is 64.2 cm³/mol. The fourth-order valence-electron chi connectivity index (χ4n) is 2.78. The van der Waals surface area contributed by atoms with Crippen molar-refractivity contribution in [2.75, 3.05) is 0 Å². The van der Waals surface area contributed by atoms with Gasteiger partial charge in [0.05, 0.1) is 0 Å². The minimum atomic E-state index is -0.0803. The average molecular weight is 220 g/mol. The summed E-state index contributed by atoms with van der Waals surface area (Å²) in [5.41, 5.74) is 0.610. The van der Waals surface area contributed by atoms with Crippen LogP contribution in [-0.4, -0.2) is 10.9 Å². The van der Waals surface area contributed by atoms with E-state index in [1.54, 1.807) is 0 Å². The number of hydrogen-bond donors (Lipinski definition) is 1. The Labute approximate surface area is 97.0 Å². The largest absolute Gasteiger partial charge is 0.512 e. The van der Waals surface area contributed by atoms with E-state index in [1.165, 1.54) is 0 Å². The number of aliphatic hydroxyl groups is 1. The Kier molecular flexibility index (Phi) is 2.92. The SMILES string of the molecule is CC1(C)CC(=O)C(C2C=CCCC2)=C(O)C1. The zero-order valence-electron chi connectivity index (χ0n) is 10.1. The van der Waals surface area contributed by atoms with E-state index >= 15 is 0 Å². The summed E-state index contributed by atoms with van der Waals surface area (Å²) in [6, 6.07) is 0. The molecule has 2 aliphatic rings. The highest BCUT2D eigenvalue weighted by Gasteiger charge is 2.35. The van der Waals surface area contributed by atoms with Crippen molar-refractivity contribution in [3.05, 3.63) is 23.5 Å². The molecular weight excluding hydrogens is 200 g/mol. The van der Waals surface area contributed by atoms with E-state index in [2.05, 4.69) is 12.2 Å². The Morgan fingerprint density at radius 1 is 1.38 bits per heavy atom. The standard InChI is InChI=1S/C14H20O2/c1-14(2)8-11(15)13(12(16)9-14)10-6-4-3-5-7-10/h4,6,10,15H,3,5,7-9H2,1-2H3. The van der Waals surface area contributed by atoms with Gasteiger partial charge in [0.1, 0.15) is 5.76 Å². The number of carbonyl (C=O) groups is 1. The molecule has 0 aromatic rings. The van der Waals surface area contributed by atoms with Crippen LogP contribution < -0.4 is 0 Å². The van der Waals surface area contributed by atoms with Crippen molar-refractivity contribution in [2.24, 2.45) is 11.3 Å². The fraction of sp³-hybridized carbons (Fsp3) is 0.643. The van der Waals surface area contributed by atoms with Gasteiger partial charge in [-0.25, -0.2) is 0 Å². The normalized spacial score (nSPS) is 29.6. The molecule has 0 aliphatic heterocycles. The molecule has 0 saturated carbocycles. The number of Topliss-reactive ketones (excluding diaryl/α,β-unsaturated/α-hetero) is 1. The van der Waals surface area contributed by atoms with E-state index < -0.39 is 0 Å². The number of aliphatic hydroxyl groups excluding tert-OH is 1. The van der Waals surface area contributed by atoms with Crippen molar-refractivity contribution in [1.29, 1.82) is 0 Å². The molecule has 0 bridgehead atoms. The van der Waals surface area contributed by atoms with Crippen LogP contribution in [0.25, 0.3) is 0 Å². The first kappa shape index (κ1) is 11.4. The van der Waals surface area contributed by atoms with E-state index in [1.807, 2.05) is 13.8 Å². The lowest BCUT2D eigenvalue weighted by atomic mass is 9.72. The van der Waals surface area contributed by atoms with Crippen LogP contribution in [0.3, 0.4) is 0 Å². The number of allylic oxidation sites excluding steroid dienone is 4. The van der Waals surface area contributed by atoms with Gasteiger partial charge in [-0.05, 0) is 24.7 Å². The molecule has 2 nitrogen and oxygen atoms in total. The molecule has 0 heterocycles. The smallest absolute Gasteiger partial charge is 0.163 e. The van der Waals surface area contributed by atoms with E-state index in [4.69, 9.17) is 0 Å². The van der Waals surface area contributed by atoms with Crippen LogP contribution in [0.1, 0.15) is 46.0 Å². The number of carbonyl (C=O) groups excluding carboxylic acids is 1. The topological polar surface area (TPSA) is 37.3 Å². The zero-order valence-corrected chi connectivity index (χ0v) is 10.1. The first-order valence-electron chi connectivity index (χ1n) is 6.11. The number of rotatable bonds is 1. The molecule has 0 aromatic heterocycles. The van der Waals surface area contributed by atoms with Crippen molar-refractivity contribution in [3.8, 4) is 0 Å². The van der Waals surface area contributed by atoms with Gasteiger partial charge in [0.15, 0.2) is 5.78 Å². The van der Waals surface area contributed by atoms with Crippen molar-refractivity contribution in [3.63, 3.8) is 0 Å². The van der Waals surface area contributed by atoms with Crippen LogP contribution in [0.2, 0.25) is 0 Å². The molecule has 0 fully saturated rings. The summed E-state index contributed by atoms with van der Waals surface area (Å²) < 4.78 is 0. The van der Waals surface area contributed by atoms with Crippen molar-refractivity contribution in [1.82, 2.24) is 0 Å². The lowest BCUT2D eigenvalue weighted by molar-refractivity contribution is -0.119. The van der Waals surface area contributed by atoms with Crippen LogP contribution in [0.4, 0.5) is 0 Å². The van der Waals surface area contributed by atoms with Gasteiger partial charge in [-0.3, -0.25) is 4.79 Å². The molecule has 1 unspecified atom stereocenters. The van der Waals surface area contributed by atoms with Crippen molar-refractivity contribution >= 4 is 5.78 Å². The van der Waals surface area contributed by atoms with Crippen molar-refractivity contribution < 1.29 is 9.90 Å². The van der Waals surface area contributed by atoms with Gasteiger partial charge >= 0.3 is 0 Å². The highest BCUT2D eigenvalue weighted by atomic mass is 16.3. The second-order valence-corrected chi connectivity index (χ2v) is 5.77. The first-order chi connectivity index (χ1) is 7.49. The van der Waals surface area contributed by atoms with E-state index in [0.717, 1.165) is 19.3 Å². The lowest BCUT2D eigenvalue weighted by Crippen LogP contribution is -2.29. The third-order valence-corrected chi connectivity index (χ3v) is 3.52. The Balaban J connectivity index is 2.28. The van der Waals surface area contributed by atoms with E-state index in [0.29, 0.717) is 24.2 Å². The summed E-state index contributed by atoms with van der Waals surface area (Å²) in [5, 5.41) is 10.1. The van der Waals surface area contributed by atoms with Gasteiger partial charge in [0.2, 0.25) is 0 Å². The second-order valence-electron chi connectivity index (χ2n) is 5.77. The first-order valence-corrected chi connectivity index (χ1v) is 6.11. The highest BCUT2D eigenvalue weighted by Crippen LogP contribution is 2.40. The van der Waals surface area contributed by atoms with Gasteiger partial charge < -0.3 is 5.11 Å². The Morgan fingerprint density at radius 3 is 2.69 bits per heavy atom. The fourth-order valence-corrected chi connectivity index (χ4v) is 2.78. The minimum Gasteiger partial charge on any atom is -0.512 e. The quantitative estimate of drug-likeness (QED) is 0.686. The maximum absolute atomic E-state index is 12.1. The lowest BCUT2D eigenvalue weighted by Gasteiger charge is -2.32.